The van der Waals surface area contributed by atoms with E-state index in [0.717, 1.165) is 0 Å². The van der Waals surface area contributed by atoms with Gasteiger partial charge in [0.1, 0.15) is 0 Å². The number of amides is 1. The average molecular weight is 301 g/mol. The maximum Gasteiger partial charge on any atom is 0.302 e. The highest BCUT2D eigenvalue weighted by Gasteiger charge is 2.33. The minimum atomic E-state index is -4.58. The van der Waals surface area contributed by atoms with Crippen LogP contribution in [0.15, 0.2) is 30.3 Å². The number of hydrogen-bond acceptors (Lipinski definition) is 4. The number of nitrogens with zero attached hydrogens (tertiary/aromatic N) is 1. The van der Waals surface area contributed by atoms with Crippen molar-refractivity contribution < 1.29 is 22.2 Å². The Balaban J connectivity index is 1.95. The Morgan fingerprint density at radius 2 is 2.00 bits per heavy atom. The average Bonchev–Trinajstić information content (AvgIpc) is 2.68. The molecule has 1 aromatic carbocycles. The molecular formula is C13H16FNO4S. The number of rotatable bonds is 5. The van der Waals surface area contributed by atoms with E-state index in [-0.39, 0.29) is 25.4 Å². The van der Waals surface area contributed by atoms with Gasteiger partial charge in [0.15, 0.2) is 0 Å². The van der Waals surface area contributed by atoms with Gasteiger partial charge >= 0.3 is 10.2 Å². The first-order valence-corrected chi connectivity index (χ1v) is 7.83. The minimum absolute atomic E-state index is 0.00462. The van der Waals surface area contributed by atoms with E-state index in [9.17, 15) is 22.2 Å². The Morgan fingerprint density at radius 3 is 2.60 bits per heavy atom. The van der Waals surface area contributed by atoms with E-state index in [1.54, 1.807) is 24.3 Å². The predicted molar refractivity (Wildman–Crippen MR) is 71.0 cm³/mol. The summed E-state index contributed by atoms with van der Waals surface area (Å²) in [6, 6.07) is 8.87. The van der Waals surface area contributed by atoms with Gasteiger partial charge in [-0.05, 0) is 5.56 Å². The van der Waals surface area contributed by atoms with Crippen LogP contribution >= 0.6 is 0 Å². The molecule has 1 heterocycles. The summed E-state index contributed by atoms with van der Waals surface area (Å²) < 4.78 is 33.8. The van der Waals surface area contributed by atoms with Gasteiger partial charge in [0.05, 0.1) is 18.4 Å². The normalized spacial score (nSPS) is 21.2. The van der Waals surface area contributed by atoms with Gasteiger partial charge in [-0.25, -0.2) is 0 Å². The molecule has 1 fully saturated rings. The van der Waals surface area contributed by atoms with Crippen molar-refractivity contribution in [3.63, 3.8) is 0 Å². The smallest absolute Gasteiger partial charge is 0.302 e. The second-order valence-corrected chi connectivity index (χ2v) is 6.41. The lowest BCUT2D eigenvalue weighted by molar-refractivity contribution is -0.128. The van der Waals surface area contributed by atoms with Gasteiger partial charge in [0, 0.05) is 18.9 Å². The Kier molecular flexibility index (Phi) is 4.39. The molecule has 20 heavy (non-hydrogen) atoms. The van der Waals surface area contributed by atoms with Crippen molar-refractivity contribution in [2.24, 2.45) is 5.92 Å². The topological polar surface area (TPSA) is 74.7 Å². The van der Waals surface area contributed by atoms with E-state index < -0.39 is 28.0 Å². The zero-order chi connectivity index (χ0) is 14.8. The summed E-state index contributed by atoms with van der Waals surface area (Å²) in [5.74, 6) is -1.44. The number of aliphatic hydroxyl groups is 1. The molecule has 1 aliphatic rings. The Morgan fingerprint density at radius 1 is 1.35 bits per heavy atom. The van der Waals surface area contributed by atoms with E-state index in [2.05, 4.69) is 0 Å². The fourth-order valence-corrected chi connectivity index (χ4v) is 3.20. The molecule has 0 radical (unpaired) electrons. The molecule has 1 amide bonds. The van der Waals surface area contributed by atoms with Crippen LogP contribution in [-0.4, -0.2) is 43.2 Å². The number of β-amino-alcohol motifs (C(OH)–C–C–N with tert-alkyl or cyclic N) is 1. The van der Waals surface area contributed by atoms with Crippen LogP contribution in [0.2, 0.25) is 0 Å². The summed E-state index contributed by atoms with van der Waals surface area (Å²) in [5, 5.41) is 10.0. The second kappa shape index (κ2) is 5.88. The van der Waals surface area contributed by atoms with Gasteiger partial charge in [0.25, 0.3) is 0 Å². The van der Waals surface area contributed by atoms with Crippen LogP contribution in [0.4, 0.5) is 3.89 Å². The Labute approximate surface area is 117 Å². The number of halogens is 1. The monoisotopic (exact) mass is 301 g/mol. The van der Waals surface area contributed by atoms with Crippen LogP contribution in [0.1, 0.15) is 18.1 Å². The van der Waals surface area contributed by atoms with Crippen molar-refractivity contribution in [1.29, 1.82) is 0 Å². The van der Waals surface area contributed by atoms with E-state index in [1.807, 2.05) is 6.07 Å². The lowest BCUT2D eigenvalue weighted by Crippen LogP contribution is -2.30. The summed E-state index contributed by atoms with van der Waals surface area (Å²) in [6.45, 7) is 0.248. The van der Waals surface area contributed by atoms with Crippen LogP contribution in [-0.2, 0) is 15.0 Å². The molecule has 1 saturated heterocycles. The molecule has 0 aliphatic carbocycles. The highest BCUT2D eigenvalue weighted by molar-refractivity contribution is 7.86. The van der Waals surface area contributed by atoms with Crippen molar-refractivity contribution >= 4 is 16.1 Å². The van der Waals surface area contributed by atoms with E-state index in [4.69, 9.17) is 0 Å². The molecule has 5 nitrogen and oxygen atoms in total. The van der Waals surface area contributed by atoms with Crippen molar-refractivity contribution in [2.45, 2.75) is 12.5 Å². The molecule has 0 bridgehead atoms. The van der Waals surface area contributed by atoms with Crippen LogP contribution in [0.25, 0.3) is 0 Å². The minimum Gasteiger partial charge on any atom is -0.387 e. The third-order valence-corrected chi connectivity index (χ3v) is 4.18. The van der Waals surface area contributed by atoms with Crippen molar-refractivity contribution in [1.82, 2.24) is 4.90 Å². The summed E-state index contributed by atoms with van der Waals surface area (Å²) in [4.78, 5) is 13.1. The number of carbonyl (C=O) groups is 1. The Bertz CT molecular complexity index is 575. The van der Waals surface area contributed by atoms with Crippen LogP contribution in [0.5, 0.6) is 0 Å². The number of aliphatic hydroxyl groups excluding tert-OH is 1. The fraction of sp³-hybridized carbons (Fsp3) is 0.462. The highest BCUT2D eigenvalue weighted by Crippen LogP contribution is 2.23. The quantitative estimate of drug-likeness (QED) is 0.819. The first-order chi connectivity index (χ1) is 9.35. The van der Waals surface area contributed by atoms with Crippen molar-refractivity contribution in [2.75, 3.05) is 18.8 Å². The molecule has 7 heteroatoms. The van der Waals surface area contributed by atoms with Crippen LogP contribution in [0, 0.1) is 5.92 Å². The van der Waals surface area contributed by atoms with Crippen molar-refractivity contribution in [3.05, 3.63) is 35.9 Å². The zero-order valence-corrected chi connectivity index (χ0v) is 11.6. The van der Waals surface area contributed by atoms with Crippen molar-refractivity contribution in [3.8, 4) is 0 Å². The van der Waals surface area contributed by atoms with Gasteiger partial charge in [-0.1, -0.05) is 30.3 Å². The molecule has 1 N–H and O–H groups in total. The molecule has 1 unspecified atom stereocenters. The van der Waals surface area contributed by atoms with Gasteiger partial charge in [-0.15, -0.1) is 3.89 Å². The van der Waals surface area contributed by atoms with Crippen LogP contribution in [0.3, 0.4) is 0 Å². The molecule has 2 rings (SSSR count). The number of carbonyl (C=O) groups excluding carboxylic acids is 1. The molecule has 110 valence electrons. The summed E-state index contributed by atoms with van der Waals surface area (Å²) in [5.41, 5.74) is 0.682. The maximum atomic E-state index is 12.6. The molecule has 1 aromatic rings. The van der Waals surface area contributed by atoms with Gasteiger partial charge in [-0.3, -0.25) is 4.79 Å². The summed E-state index contributed by atoms with van der Waals surface area (Å²) >= 11 is 0. The largest absolute Gasteiger partial charge is 0.387 e. The highest BCUT2D eigenvalue weighted by atomic mass is 32.3. The standard InChI is InChI=1S/C13H16FNO4S/c14-20(18,19)9-10-6-13(17)15(7-10)8-12(16)11-4-2-1-3-5-11/h1-5,10,12,16H,6-9H2/t10?,12-/m1/s1. The van der Waals surface area contributed by atoms with Gasteiger partial charge in [-0.2, -0.15) is 8.42 Å². The molecule has 0 spiro atoms. The predicted octanol–water partition coefficient (Wildman–Crippen LogP) is 0.868. The molecule has 0 aromatic heterocycles. The third kappa shape index (κ3) is 4.01. The number of hydrogen-bond donors (Lipinski definition) is 1. The zero-order valence-electron chi connectivity index (χ0n) is 10.8. The Hall–Kier alpha value is -1.47. The summed E-state index contributed by atoms with van der Waals surface area (Å²) in [6.07, 6.45) is -0.828. The van der Waals surface area contributed by atoms with Gasteiger partial charge in [0.2, 0.25) is 5.91 Å². The first kappa shape index (κ1) is 14.9. The van der Waals surface area contributed by atoms with E-state index in [1.165, 1.54) is 4.90 Å². The lowest BCUT2D eigenvalue weighted by atomic mass is 10.1. The summed E-state index contributed by atoms with van der Waals surface area (Å²) in [7, 11) is -4.58. The fourth-order valence-electron chi connectivity index (χ4n) is 2.41. The SMILES string of the molecule is O=C1CC(CS(=O)(=O)F)CN1C[C@@H](O)c1ccccc1. The maximum absolute atomic E-state index is 12.6. The third-order valence-electron chi connectivity index (χ3n) is 3.31. The lowest BCUT2D eigenvalue weighted by Gasteiger charge is -2.20. The van der Waals surface area contributed by atoms with E-state index >= 15 is 0 Å². The molecule has 0 saturated carbocycles. The number of likely N-dealkylation sites (tertiary alicyclic amines) is 1. The van der Waals surface area contributed by atoms with E-state index in [0.29, 0.717) is 5.56 Å². The molecule has 2 atom stereocenters. The first-order valence-electron chi connectivity index (χ1n) is 6.28. The molecule has 1 aliphatic heterocycles. The molecular weight excluding hydrogens is 285 g/mol. The number of benzene rings is 1. The second-order valence-electron chi connectivity index (χ2n) is 5.00. The van der Waals surface area contributed by atoms with Crippen LogP contribution < -0.4 is 0 Å². The van der Waals surface area contributed by atoms with Gasteiger partial charge < -0.3 is 10.0 Å².